The zero-order valence-corrected chi connectivity index (χ0v) is 11.8. The molecule has 1 aliphatic carbocycles. The van der Waals surface area contributed by atoms with Crippen LogP contribution in [0.5, 0.6) is 5.75 Å². The van der Waals surface area contributed by atoms with Crippen molar-refractivity contribution in [1.82, 2.24) is 4.90 Å². The fraction of sp³-hybridized carbons (Fsp3) is 0.500. The lowest BCUT2D eigenvalue weighted by atomic mass is 10.1. The first-order valence-corrected chi connectivity index (χ1v) is 7.44. The van der Waals surface area contributed by atoms with Crippen LogP contribution in [0.3, 0.4) is 0 Å². The average Bonchev–Trinajstić information content (AvgIpc) is 3.12. The van der Waals surface area contributed by atoms with Gasteiger partial charge in [0.25, 0.3) is 5.91 Å². The second-order valence-corrected chi connectivity index (χ2v) is 6.14. The number of hydrogen-bond donors (Lipinski definition) is 0. The molecule has 5 heteroatoms. The Morgan fingerprint density at radius 3 is 2.86 bits per heavy atom. The number of amides is 1. The van der Waals surface area contributed by atoms with Crippen LogP contribution >= 0.6 is 0 Å². The Morgan fingerprint density at radius 2 is 2.10 bits per heavy atom. The van der Waals surface area contributed by atoms with Crippen molar-refractivity contribution in [2.24, 2.45) is 11.8 Å². The largest absolute Gasteiger partial charge is 0.482 e. The predicted octanol–water partition coefficient (Wildman–Crippen LogP) is 1.24. The van der Waals surface area contributed by atoms with Crippen molar-refractivity contribution in [3.05, 3.63) is 23.8 Å². The van der Waals surface area contributed by atoms with Gasteiger partial charge in [-0.15, -0.1) is 0 Å². The summed E-state index contributed by atoms with van der Waals surface area (Å²) in [6.45, 7) is 4.01. The van der Waals surface area contributed by atoms with E-state index in [9.17, 15) is 4.79 Å². The summed E-state index contributed by atoms with van der Waals surface area (Å²) in [5.74, 6) is 2.48. The van der Waals surface area contributed by atoms with E-state index in [0.29, 0.717) is 17.9 Å². The Hall–Kier alpha value is -2.06. The molecule has 2 unspecified atom stereocenters. The van der Waals surface area contributed by atoms with Gasteiger partial charge in [-0.1, -0.05) is 0 Å². The Kier molecular flexibility index (Phi) is 2.86. The number of fused-ring (bicyclic) bond motifs is 2. The maximum atomic E-state index is 12.1. The summed E-state index contributed by atoms with van der Waals surface area (Å²) in [5.41, 5.74) is 1.29. The highest BCUT2D eigenvalue weighted by molar-refractivity contribution is 5.98. The molecule has 5 nitrogen and oxygen atoms in total. The third kappa shape index (κ3) is 2.26. The molecule has 2 heterocycles. The second kappa shape index (κ2) is 4.74. The van der Waals surface area contributed by atoms with E-state index < -0.39 is 0 Å². The number of carbonyl (C=O) groups is 1. The van der Waals surface area contributed by atoms with Crippen molar-refractivity contribution in [3.8, 4) is 11.8 Å². The third-order valence-corrected chi connectivity index (χ3v) is 4.73. The lowest BCUT2D eigenvalue weighted by Gasteiger charge is -2.31. The molecule has 21 heavy (non-hydrogen) atoms. The number of benzene rings is 1. The van der Waals surface area contributed by atoms with Crippen molar-refractivity contribution in [2.45, 2.75) is 6.42 Å². The highest BCUT2D eigenvalue weighted by Crippen LogP contribution is 2.44. The number of nitrogens with zero attached hydrogens (tertiary/aromatic N) is 3. The Morgan fingerprint density at radius 1 is 1.29 bits per heavy atom. The predicted molar refractivity (Wildman–Crippen MR) is 77.0 cm³/mol. The Labute approximate surface area is 123 Å². The van der Waals surface area contributed by atoms with Crippen LogP contribution in [-0.4, -0.2) is 43.6 Å². The molecule has 0 spiro atoms. The van der Waals surface area contributed by atoms with Crippen LogP contribution in [-0.2, 0) is 4.79 Å². The van der Waals surface area contributed by atoms with Crippen LogP contribution in [0.1, 0.15) is 12.0 Å². The van der Waals surface area contributed by atoms with Gasteiger partial charge in [0.15, 0.2) is 6.61 Å². The molecule has 0 aromatic heterocycles. The number of carbonyl (C=O) groups excluding carboxylic acids is 1. The fourth-order valence-electron chi connectivity index (χ4n) is 3.44. The van der Waals surface area contributed by atoms with E-state index >= 15 is 0 Å². The van der Waals surface area contributed by atoms with E-state index in [1.54, 1.807) is 23.1 Å². The summed E-state index contributed by atoms with van der Waals surface area (Å²) in [6.07, 6.45) is 1.39. The van der Waals surface area contributed by atoms with Gasteiger partial charge in [0.05, 0.1) is 17.3 Å². The van der Waals surface area contributed by atoms with E-state index in [1.807, 2.05) is 0 Å². The molecule has 108 valence electrons. The van der Waals surface area contributed by atoms with Gasteiger partial charge in [-0.05, 0) is 36.5 Å². The van der Waals surface area contributed by atoms with Gasteiger partial charge in [-0.3, -0.25) is 4.79 Å². The van der Waals surface area contributed by atoms with Crippen LogP contribution in [0.4, 0.5) is 5.69 Å². The van der Waals surface area contributed by atoms with Crippen molar-refractivity contribution in [1.29, 1.82) is 5.26 Å². The van der Waals surface area contributed by atoms with E-state index in [0.717, 1.165) is 24.1 Å². The molecule has 1 aromatic rings. The van der Waals surface area contributed by atoms with Gasteiger partial charge in [0.2, 0.25) is 0 Å². The first kappa shape index (κ1) is 12.7. The summed E-state index contributed by atoms with van der Waals surface area (Å²) < 4.78 is 5.45. The number of piperidine rings is 1. The number of likely N-dealkylation sites (tertiary alicyclic amines) is 1. The smallest absolute Gasteiger partial charge is 0.265 e. The maximum Gasteiger partial charge on any atom is 0.265 e. The summed E-state index contributed by atoms with van der Waals surface area (Å²) in [5, 5.41) is 9.03. The molecule has 1 aromatic carbocycles. The van der Waals surface area contributed by atoms with E-state index in [-0.39, 0.29) is 12.5 Å². The first-order valence-electron chi connectivity index (χ1n) is 7.44. The summed E-state index contributed by atoms with van der Waals surface area (Å²) in [6, 6.07) is 7.36. The molecule has 1 saturated carbocycles. The first-order chi connectivity index (χ1) is 10.2. The van der Waals surface area contributed by atoms with E-state index in [2.05, 4.69) is 11.0 Å². The van der Waals surface area contributed by atoms with Gasteiger partial charge in [-0.2, -0.15) is 5.26 Å². The Balaban J connectivity index is 1.51. The highest BCUT2D eigenvalue weighted by Gasteiger charge is 2.44. The molecular formula is C16H17N3O2. The van der Waals surface area contributed by atoms with Gasteiger partial charge in [0, 0.05) is 26.2 Å². The molecule has 3 aliphatic rings. The van der Waals surface area contributed by atoms with Crippen LogP contribution in [0, 0.1) is 23.2 Å². The summed E-state index contributed by atoms with van der Waals surface area (Å²) >= 11 is 0. The summed E-state index contributed by atoms with van der Waals surface area (Å²) in [4.78, 5) is 16.3. The molecule has 0 bridgehead atoms. The lowest BCUT2D eigenvalue weighted by Crippen LogP contribution is -2.43. The number of rotatable bonds is 3. The monoisotopic (exact) mass is 283 g/mol. The highest BCUT2D eigenvalue weighted by atomic mass is 16.5. The maximum absolute atomic E-state index is 12.1. The molecule has 2 fully saturated rings. The van der Waals surface area contributed by atoms with Crippen LogP contribution < -0.4 is 9.64 Å². The fourth-order valence-corrected chi connectivity index (χ4v) is 3.44. The third-order valence-electron chi connectivity index (χ3n) is 4.73. The Bertz CT molecular complexity index is 627. The minimum absolute atomic E-state index is 0.0260. The molecule has 2 aliphatic heterocycles. The normalized spacial score (nSPS) is 26.8. The number of nitriles is 1. The van der Waals surface area contributed by atoms with Crippen LogP contribution in [0.25, 0.3) is 0 Å². The van der Waals surface area contributed by atoms with Crippen molar-refractivity contribution < 1.29 is 9.53 Å². The number of anilines is 1. The van der Waals surface area contributed by atoms with E-state index in [4.69, 9.17) is 10.00 Å². The lowest BCUT2D eigenvalue weighted by molar-refractivity contribution is -0.121. The minimum Gasteiger partial charge on any atom is -0.482 e. The van der Waals surface area contributed by atoms with Crippen molar-refractivity contribution in [2.75, 3.05) is 37.7 Å². The van der Waals surface area contributed by atoms with Crippen LogP contribution in [0.15, 0.2) is 18.2 Å². The topological polar surface area (TPSA) is 56.6 Å². The second-order valence-electron chi connectivity index (χ2n) is 6.14. The minimum atomic E-state index is -0.0260. The SMILES string of the molecule is N#Cc1ccc2c(c1)N(CCN1CC3CC3C1)C(=O)CO2. The molecule has 1 amide bonds. The zero-order chi connectivity index (χ0) is 14.4. The van der Waals surface area contributed by atoms with Crippen molar-refractivity contribution in [3.63, 3.8) is 0 Å². The average molecular weight is 283 g/mol. The number of ether oxygens (including phenoxy) is 1. The summed E-state index contributed by atoms with van der Waals surface area (Å²) in [7, 11) is 0. The van der Waals surface area contributed by atoms with Crippen molar-refractivity contribution >= 4 is 11.6 Å². The van der Waals surface area contributed by atoms with E-state index in [1.165, 1.54) is 19.5 Å². The standard InChI is InChI=1S/C16H17N3O2/c17-7-11-1-2-15-14(5-11)19(16(20)10-21-15)4-3-18-8-12-6-13(12)9-18/h1-2,5,12-13H,3-4,6,8-10H2. The van der Waals surface area contributed by atoms with Gasteiger partial charge >= 0.3 is 0 Å². The molecule has 2 atom stereocenters. The molecule has 1 saturated heterocycles. The van der Waals surface area contributed by atoms with Gasteiger partial charge < -0.3 is 14.5 Å². The number of hydrogen-bond acceptors (Lipinski definition) is 4. The molecule has 4 rings (SSSR count). The zero-order valence-electron chi connectivity index (χ0n) is 11.8. The quantitative estimate of drug-likeness (QED) is 0.837. The molecule has 0 radical (unpaired) electrons. The van der Waals surface area contributed by atoms with Crippen LogP contribution in [0.2, 0.25) is 0 Å². The van der Waals surface area contributed by atoms with Gasteiger partial charge in [-0.25, -0.2) is 0 Å². The molecule has 0 N–H and O–H groups in total. The van der Waals surface area contributed by atoms with Gasteiger partial charge in [0.1, 0.15) is 5.75 Å². The molecular weight excluding hydrogens is 266 g/mol.